The van der Waals surface area contributed by atoms with Crippen molar-refractivity contribution in [3.05, 3.63) is 95.0 Å². The molecule has 3 aromatic rings. The summed E-state index contributed by atoms with van der Waals surface area (Å²) >= 11 is 0. The van der Waals surface area contributed by atoms with Crippen LogP contribution < -0.4 is 14.7 Å². The van der Waals surface area contributed by atoms with Gasteiger partial charge in [0.05, 0.1) is 12.6 Å². The Morgan fingerprint density at radius 3 is 2.64 bits per heavy atom. The predicted molar refractivity (Wildman–Crippen MR) is 104 cm³/mol. The number of fused-ring (bicyclic) bond motifs is 1. The van der Waals surface area contributed by atoms with Gasteiger partial charge < -0.3 is 14.7 Å². The normalized spacial score (nSPS) is 15.3. The molecule has 0 fully saturated rings. The lowest BCUT2D eigenvalue weighted by Crippen LogP contribution is -3.06. The van der Waals surface area contributed by atoms with E-state index in [0.717, 1.165) is 17.0 Å². The average Bonchev–Trinajstić information content (AvgIpc) is 3.01. The summed E-state index contributed by atoms with van der Waals surface area (Å²) in [6.07, 6.45) is 4.98. The molecule has 0 amide bonds. The number of nitrogens with one attached hydrogen (secondary N) is 1. The number of nitrogens with zero attached hydrogens (tertiary/aromatic N) is 1. The summed E-state index contributed by atoms with van der Waals surface area (Å²) in [5, 5.41) is 12.5. The predicted octanol–water partition coefficient (Wildman–Crippen LogP) is 1.99. The van der Waals surface area contributed by atoms with Crippen LogP contribution in [0.2, 0.25) is 0 Å². The van der Waals surface area contributed by atoms with Gasteiger partial charge >= 0.3 is 0 Å². The number of quaternary nitrogens is 1. The molecule has 1 N–H and O–H groups in total. The third kappa shape index (κ3) is 3.66. The van der Waals surface area contributed by atoms with Crippen molar-refractivity contribution in [2.45, 2.75) is 13.1 Å². The molecule has 28 heavy (non-hydrogen) atoms. The lowest BCUT2D eigenvalue weighted by molar-refractivity contribution is -0.907. The van der Waals surface area contributed by atoms with E-state index in [0.29, 0.717) is 23.4 Å². The number of carbonyl (C=O) groups excluding carboxylic acids is 1. The molecule has 0 bridgehead atoms. The lowest BCUT2D eigenvalue weighted by atomic mass is 10.0. The zero-order chi connectivity index (χ0) is 19.5. The molecule has 1 aliphatic rings. The van der Waals surface area contributed by atoms with Crippen LogP contribution in [-0.2, 0) is 13.1 Å². The minimum Gasteiger partial charge on any atom is -0.872 e. The Kier molecular flexibility index (Phi) is 4.91. The summed E-state index contributed by atoms with van der Waals surface area (Å²) in [4.78, 5) is 17.9. The molecule has 1 aromatic heterocycles. The van der Waals surface area contributed by atoms with Crippen molar-refractivity contribution in [2.24, 2.45) is 0 Å². The topological polar surface area (TPSA) is 66.7 Å². The van der Waals surface area contributed by atoms with Crippen molar-refractivity contribution in [1.82, 2.24) is 4.98 Å². The standard InChI is InChI=1S/C23H20N2O3/c1-25(14-16-6-3-2-4-7-16)15-19-20(26)10-9-18-22(27)21(28-23(18)19)12-17-8-5-11-24-13-17/h2-13,26H,14-15H2,1H3/b21-12-. The molecule has 0 aliphatic carbocycles. The first kappa shape index (κ1) is 17.9. The Morgan fingerprint density at radius 2 is 1.89 bits per heavy atom. The maximum absolute atomic E-state index is 12.7. The van der Waals surface area contributed by atoms with Crippen LogP contribution >= 0.6 is 0 Å². The van der Waals surface area contributed by atoms with Crippen molar-refractivity contribution in [1.29, 1.82) is 0 Å². The molecule has 1 unspecified atom stereocenters. The molecule has 2 aromatic carbocycles. The van der Waals surface area contributed by atoms with E-state index in [1.165, 1.54) is 11.6 Å². The van der Waals surface area contributed by atoms with Gasteiger partial charge in [0.15, 0.2) is 5.76 Å². The Hall–Kier alpha value is -3.44. The number of Topliss-reactive ketones (excluding diaryl/α,β-unsaturated/α-hetero) is 1. The largest absolute Gasteiger partial charge is 0.872 e. The number of allylic oxidation sites excluding steroid dienone is 1. The molecule has 1 aliphatic heterocycles. The van der Waals surface area contributed by atoms with E-state index in [-0.39, 0.29) is 17.3 Å². The smallest absolute Gasteiger partial charge is 0.231 e. The SMILES string of the molecule is C[NH+](Cc1ccccc1)Cc1c([O-])ccc2c1O/C(=C\c1cccnc1)C2=O. The summed E-state index contributed by atoms with van der Waals surface area (Å²) in [6, 6.07) is 16.8. The number of ether oxygens (including phenoxy) is 1. The zero-order valence-corrected chi connectivity index (χ0v) is 15.5. The quantitative estimate of drug-likeness (QED) is 0.696. The first-order valence-electron chi connectivity index (χ1n) is 9.14. The van der Waals surface area contributed by atoms with Gasteiger partial charge in [0.1, 0.15) is 18.8 Å². The first-order valence-corrected chi connectivity index (χ1v) is 9.14. The molecule has 5 heteroatoms. The molecular weight excluding hydrogens is 352 g/mol. The average molecular weight is 372 g/mol. The van der Waals surface area contributed by atoms with Crippen molar-refractivity contribution < 1.29 is 19.5 Å². The van der Waals surface area contributed by atoms with E-state index in [1.54, 1.807) is 30.6 Å². The summed E-state index contributed by atoms with van der Waals surface area (Å²) in [7, 11) is 2.02. The number of benzene rings is 2. The fourth-order valence-electron chi connectivity index (χ4n) is 3.38. The van der Waals surface area contributed by atoms with Crippen LogP contribution in [0, 0.1) is 0 Å². The summed E-state index contributed by atoms with van der Waals surface area (Å²) < 4.78 is 5.86. The number of hydrogen-bond donors (Lipinski definition) is 1. The molecule has 0 saturated carbocycles. The lowest BCUT2D eigenvalue weighted by Gasteiger charge is -2.20. The molecular formula is C23H20N2O3. The highest BCUT2D eigenvalue weighted by Crippen LogP contribution is 2.38. The maximum Gasteiger partial charge on any atom is 0.231 e. The van der Waals surface area contributed by atoms with Gasteiger partial charge in [-0.2, -0.15) is 0 Å². The number of ketones is 1. The molecule has 2 heterocycles. The van der Waals surface area contributed by atoms with Gasteiger partial charge in [-0.1, -0.05) is 48.2 Å². The second kappa shape index (κ2) is 7.66. The molecule has 0 saturated heterocycles. The van der Waals surface area contributed by atoms with Crippen LogP contribution in [0.4, 0.5) is 0 Å². The van der Waals surface area contributed by atoms with Crippen LogP contribution in [0.5, 0.6) is 11.5 Å². The molecule has 140 valence electrons. The molecule has 0 spiro atoms. The van der Waals surface area contributed by atoms with E-state index in [2.05, 4.69) is 17.1 Å². The van der Waals surface area contributed by atoms with Crippen molar-refractivity contribution in [3.63, 3.8) is 0 Å². The number of carbonyl (C=O) groups is 1. The van der Waals surface area contributed by atoms with E-state index in [9.17, 15) is 9.90 Å². The summed E-state index contributed by atoms with van der Waals surface area (Å²) in [5.74, 6) is 0.290. The van der Waals surface area contributed by atoms with Crippen LogP contribution in [0.1, 0.15) is 27.0 Å². The molecule has 5 nitrogen and oxygen atoms in total. The van der Waals surface area contributed by atoms with Gasteiger partial charge in [0.2, 0.25) is 5.78 Å². The van der Waals surface area contributed by atoms with Gasteiger partial charge in [-0.25, -0.2) is 0 Å². The third-order valence-electron chi connectivity index (χ3n) is 4.71. The minimum absolute atomic E-state index is 0.110. The van der Waals surface area contributed by atoms with Crippen molar-refractivity contribution >= 4 is 11.9 Å². The Morgan fingerprint density at radius 1 is 1.07 bits per heavy atom. The van der Waals surface area contributed by atoms with Crippen molar-refractivity contribution in [3.8, 4) is 11.5 Å². The monoisotopic (exact) mass is 372 g/mol. The second-order valence-corrected chi connectivity index (χ2v) is 6.94. The molecule has 4 rings (SSSR count). The highest BCUT2D eigenvalue weighted by molar-refractivity contribution is 6.14. The number of rotatable bonds is 5. The molecule has 1 atom stereocenters. The van der Waals surface area contributed by atoms with E-state index >= 15 is 0 Å². The minimum atomic E-state index is -0.208. The summed E-state index contributed by atoms with van der Waals surface area (Å²) in [5.41, 5.74) is 2.94. The van der Waals surface area contributed by atoms with Gasteiger partial charge in [-0.3, -0.25) is 9.78 Å². The maximum atomic E-state index is 12.7. The fourth-order valence-corrected chi connectivity index (χ4v) is 3.38. The second-order valence-electron chi connectivity index (χ2n) is 6.94. The van der Waals surface area contributed by atoms with Gasteiger partial charge in [0, 0.05) is 23.5 Å². The highest BCUT2D eigenvalue weighted by atomic mass is 16.5. The number of hydrogen-bond acceptors (Lipinski definition) is 4. The first-order chi connectivity index (χ1) is 13.6. The Balaban J connectivity index is 1.60. The van der Waals surface area contributed by atoms with E-state index in [1.807, 2.05) is 31.3 Å². The van der Waals surface area contributed by atoms with Crippen LogP contribution in [-0.4, -0.2) is 17.8 Å². The Bertz CT molecular complexity index is 1030. The van der Waals surface area contributed by atoms with E-state index in [4.69, 9.17) is 4.74 Å². The van der Waals surface area contributed by atoms with Crippen LogP contribution in [0.3, 0.4) is 0 Å². The van der Waals surface area contributed by atoms with Crippen LogP contribution in [0.15, 0.2) is 72.8 Å². The third-order valence-corrected chi connectivity index (χ3v) is 4.71. The Labute approximate surface area is 163 Å². The number of aromatic nitrogens is 1. The highest BCUT2D eigenvalue weighted by Gasteiger charge is 2.30. The van der Waals surface area contributed by atoms with Crippen molar-refractivity contribution in [2.75, 3.05) is 7.05 Å². The summed E-state index contributed by atoms with van der Waals surface area (Å²) in [6.45, 7) is 1.25. The van der Waals surface area contributed by atoms with Gasteiger partial charge in [-0.05, 0) is 23.8 Å². The molecule has 0 radical (unpaired) electrons. The fraction of sp³-hybridized carbons (Fsp3) is 0.130. The van der Waals surface area contributed by atoms with Crippen LogP contribution in [0.25, 0.3) is 6.08 Å². The zero-order valence-electron chi connectivity index (χ0n) is 15.5. The van der Waals surface area contributed by atoms with Gasteiger partial charge in [-0.15, -0.1) is 0 Å². The van der Waals surface area contributed by atoms with E-state index < -0.39 is 0 Å². The number of pyridine rings is 1. The van der Waals surface area contributed by atoms with Gasteiger partial charge in [0.25, 0.3) is 0 Å².